The van der Waals surface area contributed by atoms with Crippen LogP contribution in [0.1, 0.15) is 33.3 Å². The molecule has 0 aliphatic carbocycles. The molecule has 186 valence electrons. The fourth-order valence-electron chi connectivity index (χ4n) is 5.26. The number of hydrogen-bond acceptors (Lipinski definition) is 6. The van der Waals surface area contributed by atoms with Gasteiger partial charge in [0, 0.05) is 16.1 Å². The monoisotopic (exact) mass is 514 g/mol. The van der Waals surface area contributed by atoms with Gasteiger partial charge < -0.3 is 10.2 Å². The molecule has 1 N–H and O–H groups in total. The largest absolute Gasteiger partial charge is 0.337 e. The van der Waals surface area contributed by atoms with Crippen LogP contribution in [-0.4, -0.2) is 21.5 Å². The molecule has 38 heavy (non-hydrogen) atoms. The number of amidine groups is 2. The lowest BCUT2D eigenvalue weighted by atomic mass is 9.98. The first-order chi connectivity index (χ1) is 18.6. The molecule has 2 aliphatic heterocycles. The number of nitrogens with zero attached hydrogens (tertiary/aromatic N) is 5. The van der Waals surface area contributed by atoms with E-state index < -0.39 is 0 Å². The van der Waals surface area contributed by atoms with E-state index in [0.717, 1.165) is 57.1 Å². The zero-order valence-electron chi connectivity index (χ0n) is 21.4. The van der Waals surface area contributed by atoms with Gasteiger partial charge in [0.25, 0.3) is 0 Å². The van der Waals surface area contributed by atoms with Crippen molar-refractivity contribution in [3.8, 4) is 5.69 Å². The van der Waals surface area contributed by atoms with Crippen molar-refractivity contribution < 1.29 is 0 Å². The van der Waals surface area contributed by atoms with Crippen molar-refractivity contribution in [1.29, 1.82) is 0 Å². The minimum absolute atomic E-state index is 0.0815. The van der Waals surface area contributed by atoms with Crippen molar-refractivity contribution in [2.75, 3.05) is 10.2 Å². The molecule has 0 radical (unpaired) electrons. The highest BCUT2D eigenvalue weighted by atomic mass is 32.1. The molecule has 7 rings (SSSR count). The summed E-state index contributed by atoms with van der Waals surface area (Å²) in [6.07, 6.45) is 0. The van der Waals surface area contributed by atoms with Crippen LogP contribution < -0.4 is 10.2 Å². The molecule has 1 atom stereocenters. The number of aryl methyl sites for hydroxylation is 3. The second kappa shape index (κ2) is 8.82. The van der Waals surface area contributed by atoms with E-state index in [-0.39, 0.29) is 6.04 Å². The highest BCUT2D eigenvalue weighted by Gasteiger charge is 2.41. The van der Waals surface area contributed by atoms with E-state index in [2.05, 4.69) is 97.0 Å². The minimum Gasteiger partial charge on any atom is -0.337 e. The normalized spacial score (nSPS) is 15.8. The first kappa shape index (κ1) is 22.7. The summed E-state index contributed by atoms with van der Waals surface area (Å²) in [5.41, 5.74) is 8.38. The lowest BCUT2D eigenvalue weighted by Crippen LogP contribution is -2.46. The molecule has 0 fully saturated rings. The molecule has 0 saturated carbocycles. The van der Waals surface area contributed by atoms with Crippen molar-refractivity contribution in [1.82, 2.24) is 9.78 Å². The number of fused-ring (bicyclic) bond motifs is 4. The van der Waals surface area contributed by atoms with Gasteiger partial charge in [-0.2, -0.15) is 5.10 Å². The lowest BCUT2D eigenvalue weighted by Gasteiger charge is -2.40. The minimum atomic E-state index is -0.0815. The molecule has 3 aromatic carbocycles. The van der Waals surface area contributed by atoms with E-state index in [1.54, 1.807) is 11.3 Å². The fraction of sp³-hybridized carbons (Fsp3) is 0.129. The van der Waals surface area contributed by atoms with E-state index in [1.165, 1.54) is 10.4 Å². The molecule has 0 bridgehead atoms. The van der Waals surface area contributed by atoms with Gasteiger partial charge in [-0.1, -0.05) is 48.5 Å². The second-order valence-electron chi connectivity index (χ2n) is 9.69. The number of para-hydroxylation sites is 3. The number of benzene rings is 3. The van der Waals surface area contributed by atoms with Crippen LogP contribution in [0.25, 0.3) is 5.69 Å². The molecule has 0 saturated heterocycles. The summed E-state index contributed by atoms with van der Waals surface area (Å²) in [5, 5.41) is 10.8. The average Bonchev–Trinajstić information content (AvgIpc) is 3.59. The SMILES string of the molecule is Cc1ccc(C)c(NC2=Nc3ccccc3N3C2=Nc2c(c(C)nn2-c2ccccc2)[C@@H]3c2cccs2)c1. The third-order valence-corrected chi connectivity index (χ3v) is 8.02. The molecule has 0 amide bonds. The highest BCUT2D eigenvalue weighted by Crippen LogP contribution is 2.49. The summed E-state index contributed by atoms with van der Waals surface area (Å²) < 4.78 is 1.96. The standard InChI is InChI=1S/C31H26N6S/c1-19-15-16-20(2)24(18-19)33-29-31-34-30-27(21(3)35-37(30)22-10-5-4-6-11-22)28(26-14-9-17-38-26)36(31)25-13-8-7-12-23(25)32-29/h4-18,28H,1-3H3,(H,32,33)/t28-/m0/s1. The molecule has 2 aromatic heterocycles. The van der Waals surface area contributed by atoms with E-state index in [4.69, 9.17) is 15.1 Å². The summed E-state index contributed by atoms with van der Waals surface area (Å²) in [6, 6.07) is 29.2. The number of thiophene rings is 1. The molecule has 7 heteroatoms. The van der Waals surface area contributed by atoms with Crippen LogP contribution >= 0.6 is 11.3 Å². The van der Waals surface area contributed by atoms with Gasteiger partial charge in [0.05, 0.1) is 22.8 Å². The second-order valence-corrected chi connectivity index (χ2v) is 10.7. The smallest absolute Gasteiger partial charge is 0.179 e. The Hall–Kier alpha value is -4.49. The van der Waals surface area contributed by atoms with Gasteiger partial charge in [0.2, 0.25) is 0 Å². The number of nitrogens with one attached hydrogen (secondary N) is 1. The topological polar surface area (TPSA) is 57.8 Å². The Balaban J connectivity index is 1.50. The summed E-state index contributed by atoms with van der Waals surface area (Å²) in [4.78, 5) is 14.0. The molecule has 0 unspecified atom stereocenters. The number of rotatable bonds is 3. The number of aliphatic imine (C=N–C) groups is 2. The van der Waals surface area contributed by atoms with E-state index in [1.807, 2.05) is 28.9 Å². The van der Waals surface area contributed by atoms with Crippen molar-refractivity contribution in [2.45, 2.75) is 26.8 Å². The van der Waals surface area contributed by atoms with Crippen LogP contribution in [0.4, 0.5) is 22.9 Å². The Kier molecular flexibility index (Phi) is 5.26. The summed E-state index contributed by atoms with van der Waals surface area (Å²) in [7, 11) is 0. The van der Waals surface area contributed by atoms with E-state index in [0.29, 0.717) is 0 Å². The molecule has 2 aliphatic rings. The highest BCUT2D eigenvalue weighted by molar-refractivity contribution is 7.10. The molecule has 0 spiro atoms. The van der Waals surface area contributed by atoms with Crippen LogP contribution in [0.3, 0.4) is 0 Å². The van der Waals surface area contributed by atoms with Crippen LogP contribution in [0.5, 0.6) is 0 Å². The number of aromatic nitrogens is 2. The van der Waals surface area contributed by atoms with Crippen molar-refractivity contribution in [3.05, 3.63) is 118 Å². The van der Waals surface area contributed by atoms with Gasteiger partial charge in [0.15, 0.2) is 17.5 Å². The Bertz CT molecular complexity index is 1730. The summed E-state index contributed by atoms with van der Waals surface area (Å²) in [6.45, 7) is 6.30. The predicted octanol–water partition coefficient (Wildman–Crippen LogP) is 7.65. The zero-order chi connectivity index (χ0) is 25.8. The van der Waals surface area contributed by atoms with Crippen molar-refractivity contribution in [3.63, 3.8) is 0 Å². The third-order valence-electron chi connectivity index (χ3n) is 7.10. The predicted molar refractivity (Wildman–Crippen MR) is 157 cm³/mol. The van der Waals surface area contributed by atoms with Gasteiger partial charge in [-0.15, -0.1) is 11.3 Å². The van der Waals surface area contributed by atoms with E-state index >= 15 is 0 Å². The van der Waals surface area contributed by atoms with Crippen LogP contribution in [0.15, 0.2) is 100 Å². The van der Waals surface area contributed by atoms with Crippen LogP contribution in [-0.2, 0) is 0 Å². The van der Waals surface area contributed by atoms with Gasteiger partial charge in [-0.25, -0.2) is 14.7 Å². The maximum atomic E-state index is 5.31. The van der Waals surface area contributed by atoms with E-state index in [9.17, 15) is 0 Å². The first-order valence-electron chi connectivity index (χ1n) is 12.7. The average molecular weight is 515 g/mol. The van der Waals surface area contributed by atoms with Gasteiger partial charge in [-0.3, -0.25) is 0 Å². The number of hydrogen-bond donors (Lipinski definition) is 1. The number of anilines is 2. The first-order valence-corrected chi connectivity index (χ1v) is 13.5. The maximum Gasteiger partial charge on any atom is 0.179 e. The Morgan fingerprint density at radius 1 is 0.842 bits per heavy atom. The fourth-order valence-corrected chi connectivity index (χ4v) is 6.08. The van der Waals surface area contributed by atoms with Gasteiger partial charge in [-0.05, 0) is 73.7 Å². The molecule has 4 heterocycles. The molecule has 5 aromatic rings. The molecular formula is C31H26N6S. The van der Waals surface area contributed by atoms with Crippen LogP contribution in [0.2, 0.25) is 0 Å². The quantitative estimate of drug-likeness (QED) is 0.269. The zero-order valence-corrected chi connectivity index (χ0v) is 22.2. The van der Waals surface area contributed by atoms with Crippen molar-refractivity contribution in [2.24, 2.45) is 9.98 Å². The van der Waals surface area contributed by atoms with Crippen LogP contribution in [0, 0.1) is 20.8 Å². The molecule has 6 nitrogen and oxygen atoms in total. The Labute approximate surface area is 225 Å². The Morgan fingerprint density at radius 3 is 2.47 bits per heavy atom. The Morgan fingerprint density at radius 2 is 1.66 bits per heavy atom. The van der Waals surface area contributed by atoms with Gasteiger partial charge >= 0.3 is 0 Å². The maximum absolute atomic E-state index is 5.31. The summed E-state index contributed by atoms with van der Waals surface area (Å²) in [5.74, 6) is 2.35. The summed E-state index contributed by atoms with van der Waals surface area (Å²) >= 11 is 1.75. The third kappa shape index (κ3) is 3.58. The van der Waals surface area contributed by atoms with Gasteiger partial charge in [0.1, 0.15) is 6.04 Å². The lowest BCUT2D eigenvalue weighted by molar-refractivity contribution is 0.830. The van der Waals surface area contributed by atoms with Crippen molar-refractivity contribution >= 4 is 45.9 Å². The molecular weight excluding hydrogens is 488 g/mol.